The van der Waals surface area contributed by atoms with Gasteiger partial charge in [0.1, 0.15) is 5.82 Å². The van der Waals surface area contributed by atoms with Crippen molar-refractivity contribution in [3.63, 3.8) is 0 Å². The van der Waals surface area contributed by atoms with Gasteiger partial charge in [0.25, 0.3) is 0 Å². The highest BCUT2D eigenvalue weighted by atomic mass is 19.1. The normalized spacial score (nSPS) is 12.6. The van der Waals surface area contributed by atoms with Crippen LogP contribution < -0.4 is 5.73 Å². The van der Waals surface area contributed by atoms with Crippen LogP contribution in [0.1, 0.15) is 24.1 Å². The Kier molecular flexibility index (Phi) is 3.54. The summed E-state index contributed by atoms with van der Waals surface area (Å²) in [5, 5.41) is 4.20. The largest absolute Gasteiger partial charge is 0.324 e. The molecule has 3 nitrogen and oxygen atoms in total. The molecule has 90 valence electrons. The summed E-state index contributed by atoms with van der Waals surface area (Å²) in [5.74, 6) is -0.236. The van der Waals surface area contributed by atoms with E-state index in [1.807, 2.05) is 24.0 Å². The Morgan fingerprint density at radius 2 is 2.06 bits per heavy atom. The van der Waals surface area contributed by atoms with E-state index in [1.165, 1.54) is 12.1 Å². The molecule has 1 aromatic carbocycles. The molecule has 0 amide bonds. The monoisotopic (exact) mass is 233 g/mol. The van der Waals surface area contributed by atoms with Crippen LogP contribution in [-0.4, -0.2) is 9.78 Å². The maximum Gasteiger partial charge on any atom is 0.123 e. The van der Waals surface area contributed by atoms with Gasteiger partial charge in [-0.2, -0.15) is 5.10 Å². The molecule has 2 N–H and O–H groups in total. The third-order valence-electron chi connectivity index (χ3n) is 2.76. The summed E-state index contributed by atoms with van der Waals surface area (Å²) in [7, 11) is 0. The van der Waals surface area contributed by atoms with Crippen molar-refractivity contribution in [1.82, 2.24) is 9.78 Å². The van der Waals surface area contributed by atoms with Crippen LogP contribution in [0.25, 0.3) is 0 Å². The number of hydrogen-bond donors (Lipinski definition) is 1. The smallest absolute Gasteiger partial charge is 0.123 e. The third-order valence-corrected chi connectivity index (χ3v) is 2.76. The number of aromatic nitrogens is 2. The van der Waals surface area contributed by atoms with Crippen LogP contribution in [0, 0.1) is 5.82 Å². The van der Waals surface area contributed by atoms with E-state index in [4.69, 9.17) is 5.73 Å². The van der Waals surface area contributed by atoms with Gasteiger partial charge in [-0.1, -0.05) is 12.1 Å². The quantitative estimate of drug-likeness (QED) is 0.880. The second-order valence-corrected chi connectivity index (χ2v) is 4.07. The Labute approximate surface area is 100 Å². The fourth-order valence-corrected chi connectivity index (χ4v) is 1.77. The van der Waals surface area contributed by atoms with Gasteiger partial charge in [-0.05, 0) is 36.6 Å². The van der Waals surface area contributed by atoms with Crippen molar-refractivity contribution in [1.29, 1.82) is 0 Å². The first-order valence-electron chi connectivity index (χ1n) is 5.71. The van der Waals surface area contributed by atoms with E-state index < -0.39 is 0 Å². The summed E-state index contributed by atoms with van der Waals surface area (Å²) in [4.78, 5) is 0. The Bertz CT molecular complexity index is 476. The first-order valence-corrected chi connectivity index (χ1v) is 5.71. The number of aryl methyl sites for hydroxylation is 1. The zero-order valence-electron chi connectivity index (χ0n) is 9.81. The van der Waals surface area contributed by atoms with Crippen LogP contribution in [0.5, 0.6) is 0 Å². The predicted molar refractivity (Wildman–Crippen MR) is 64.9 cm³/mol. The fourth-order valence-electron chi connectivity index (χ4n) is 1.77. The molecule has 1 heterocycles. The molecule has 0 aliphatic carbocycles. The van der Waals surface area contributed by atoms with E-state index in [0.717, 1.165) is 17.7 Å². The number of halogens is 1. The molecular formula is C13H16FN3. The lowest BCUT2D eigenvalue weighted by Crippen LogP contribution is -2.13. The highest BCUT2D eigenvalue weighted by Gasteiger charge is 2.08. The Morgan fingerprint density at radius 3 is 2.65 bits per heavy atom. The standard InChI is InChI=1S/C13H16FN3/c1-2-17-9-10(8-16-17)7-13(15)11-3-5-12(14)6-4-11/h3-6,8-9,13H,2,7,15H2,1H3. The van der Waals surface area contributed by atoms with Crippen LogP contribution >= 0.6 is 0 Å². The second-order valence-electron chi connectivity index (χ2n) is 4.07. The van der Waals surface area contributed by atoms with E-state index in [9.17, 15) is 4.39 Å². The molecule has 0 radical (unpaired) electrons. The minimum Gasteiger partial charge on any atom is -0.324 e. The number of hydrogen-bond acceptors (Lipinski definition) is 2. The van der Waals surface area contributed by atoms with Gasteiger partial charge in [-0.3, -0.25) is 4.68 Å². The van der Waals surface area contributed by atoms with Crippen molar-refractivity contribution in [2.45, 2.75) is 25.9 Å². The van der Waals surface area contributed by atoms with Crippen LogP contribution in [-0.2, 0) is 13.0 Å². The zero-order valence-corrected chi connectivity index (χ0v) is 9.81. The van der Waals surface area contributed by atoms with Crippen LogP contribution in [0.4, 0.5) is 4.39 Å². The topological polar surface area (TPSA) is 43.8 Å². The number of nitrogens with two attached hydrogens (primary N) is 1. The Balaban J connectivity index is 2.05. The zero-order chi connectivity index (χ0) is 12.3. The summed E-state index contributed by atoms with van der Waals surface area (Å²) in [6, 6.07) is 6.20. The molecule has 0 saturated carbocycles. The molecule has 0 aliphatic heterocycles. The summed E-state index contributed by atoms with van der Waals surface area (Å²) < 4.78 is 14.6. The molecule has 0 fully saturated rings. The maximum absolute atomic E-state index is 12.8. The number of rotatable bonds is 4. The molecule has 2 aromatic rings. The molecule has 1 unspecified atom stereocenters. The summed E-state index contributed by atoms with van der Waals surface area (Å²) >= 11 is 0. The van der Waals surface area contributed by atoms with E-state index >= 15 is 0 Å². The van der Waals surface area contributed by atoms with Gasteiger partial charge in [-0.25, -0.2) is 4.39 Å². The highest BCUT2D eigenvalue weighted by molar-refractivity contribution is 5.21. The fraction of sp³-hybridized carbons (Fsp3) is 0.308. The average molecular weight is 233 g/mol. The molecule has 17 heavy (non-hydrogen) atoms. The van der Waals surface area contributed by atoms with Crippen molar-refractivity contribution in [2.24, 2.45) is 5.73 Å². The van der Waals surface area contributed by atoms with Gasteiger partial charge in [0.15, 0.2) is 0 Å². The van der Waals surface area contributed by atoms with Crippen molar-refractivity contribution >= 4 is 0 Å². The first-order chi connectivity index (χ1) is 8.19. The average Bonchev–Trinajstić information content (AvgIpc) is 2.77. The Morgan fingerprint density at radius 1 is 1.35 bits per heavy atom. The van der Waals surface area contributed by atoms with Gasteiger partial charge >= 0.3 is 0 Å². The van der Waals surface area contributed by atoms with E-state index in [1.54, 1.807) is 12.1 Å². The van der Waals surface area contributed by atoms with E-state index in [-0.39, 0.29) is 11.9 Å². The van der Waals surface area contributed by atoms with Gasteiger partial charge in [-0.15, -0.1) is 0 Å². The minimum atomic E-state index is -0.236. The van der Waals surface area contributed by atoms with Gasteiger partial charge in [0, 0.05) is 18.8 Å². The minimum absolute atomic E-state index is 0.120. The first kappa shape index (κ1) is 11.8. The number of nitrogens with zero attached hydrogens (tertiary/aromatic N) is 2. The second kappa shape index (κ2) is 5.10. The van der Waals surface area contributed by atoms with Crippen LogP contribution in [0.15, 0.2) is 36.7 Å². The summed E-state index contributed by atoms with van der Waals surface area (Å²) in [6.07, 6.45) is 4.53. The molecule has 0 saturated heterocycles. The lowest BCUT2D eigenvalue weighted by Gasteiger charge is -2.10. The Hall–Kier alpha value is -1.68. The van der Waals surface area contributed by atoms with Crippen LogP contribution in [0.3, 0.4) is 0 Å². The van der Waals surface area contributed by atoms with E-state index in [2.05, 4.69) is 5.10 Å². The maximum atomic E-state index is 12.8. The van der Waals surface area contributed by atoms with Crippen molar-refractivity contribution in [3.8, 4) is 0 Å². The summed E-state index contributed by atoms with van der Waals surface area (Å²) in [6.45, 7) is 2.89. The van der Waals surface area contributed by atoms with Gasteiger partial charge in [0.05, 0.1) is 6.20 Å². The van der Waals surface area contributed by atoms with Crippen molar-refractivity contribution in [2.75, 3.05) is 0 Å². The SMILES string of the molecule is CCn1cc(CC(N)c2ccc(F)cc2)cn1. The van der Waals surface area contributed by atoms with Crippen LogP contribution in [0.2, 0.25) is 0 Å². The highest BCUT2D eigenvalue weighted by Crippen LogP contribution is 2.16. The number of benzene rings is 1. The predicted octanol–water partition coefficient (Wildman–Crippen LogP) is 2.28. The van der Waals surface area contributed by atoms with Gasteiger partial charge in [0.2, 0.25) is 0 Å². The van der Waals surface area contributed by atoms with E-state index in [0.29, 0.717) is 6.42 Å². The third kappa shape index (κ3) is 2.91. The molecule has 1 atom stereocenters. The van der Waals surface area contributed by atoms with Crippen molar-refractivity contribution < 1.29 is 4.39 Å². The molecule has 4 heteroatoms. The molecule has 1 aromatic heterocycles. The summed E-state index contributed by atoms with van der Waals surface area (Å²) in [5.41, 5.74) is 8.11. The molecular weight excluding hydrogens is 217 g/mol. The molecule has 0 bridgehead atoms. The lowest BCUT2D eigenvalue weighted by molar-refractivity contribution is 0.624. The molecule has 2 rings (SSSR count). The molecule has 0 aliphatic rings. The van der Waals surface area contributed by atoms with Crippen molar-refractivity contribution in [3.05, 3.63) is 53.6 Å². The lowest BCUT2D eigenvalue weighted by atomic mass is 10.0. The van der Waals surface area contributed by atoms with Gasteiger partial charge < -0.3 is 5.73 Å². The molecule has 0 spiro atoms.